The van der Waals surface area contributed by atoms with E-state index in [-0.39, 0.29) is 18.5 Å². The van der Waals surface area contributed by atoms with Gasteiger partial charge in [0, 0.05) is 0 Å². The van der Waals surface area contributed by atoms with Gasteiger partial charge in [0.25, 0.3) is 0 Å². The third-order valence-corrected chi connectivity index (χ3v) is 4.50. The molecular formula is C11H20ClNO. The van der Waals surface area contributed by atoms with E-state index in [9.17, 15) is 5.11 Å². The highest BCUT2D eigenvalue weighted by Crippen LogP contribution is 2.67. The highest BCUT2D eigenvalue weighted by atomic mass is 35.5. The lowest BCUT2D eigenvalue weighted by molar-refractivity contribution is -0.163. The van der Waals surface area contributed by atoms with Gasteiger partial charge in [0.2, 0.25) is 0 Å². The van der Waals surface area contributed by atoms with Gasteiger partial charge in [-0.25, -0.2) is 0 Å². The second kappa shape index (κ2) is 3.36. The molecule has 0 aromatic heterocycles. The minimum atomic E-state index is 0. The van der Waals surface area contributed by atoms with Crippen molar-refractivity contribution in [3.63, 3.8) is 0 Å². The van der Waals surface area contributed by atoms with Gasteiger partial charge in [-0.2, -0.15) is 0 Å². The van der Waals surface area contributed by atoms with Crippen LogP contribution in [0.3, 0.4) is 0 Å². The minimum absolute atomic E-state index is 0. The van der Waals surface area contributed by atoms with E-state index < -0.39 is 0 Å². The lowest BCUT2D eigenvalue weighted by atomic mass is 9.42. The predicted octanol–water partition coefficient (Wildman–Crippen LogP) is 1.71. The normalized spacial score (nSPS) is 33.2. The molecule has 0 bridgehead atoms. The summed E-state index contributed by atoms with van der Waals surface area (Å²) in [4.78, 5) is 0. The lowest BCUT2D eigenvalue weighted by Gasteiger charge is -2.64. The Hall–Kier alpha value is 0.210. The van der Waals surface area contributed by atoms with Crippen LogP contribution >= 0.6 is 12.4 Å². The highest BCUT2D eigenvalue weighted by Gasteiger charge is 2.59. The van der Waals surface area contributed by atoms with Crippen LogP contribution in [-0.4, -0.2) is 24.3 Å². The van der Waals surface area contributed by atoms with Crippen molar-refractivity contribution in [1.82, 2.24) is 5.32 Å². The molecule has 82 valence electrons. The van der Waals surface area contributed by atoms with Gasteiger partial charge in [-0.15, -0.1) is 12.4 Å². The van der Waals surface area contributed by atoms with Crippen LogP contribution in [0.5, 0.6) is 0 Å². The zero-order valence-corrected chi connectivity index (χ0v) is 9.41. The van der Waals surface area contributed by atoms with E-state index in [0.29, 0.717) is 10.8 Å². The molecule has 0 unspecified atom stereocenters. The van der Waals surface area contributed by atoms with E-state index in [2.05, 4.69) is 5.32 Å². The van der Waals surface area contributed by atoms with Crippen molar-refractivity contribution >= 4 is 12.4 Å². The van der Waals surface area contributed by atoms with E-state index in [1.54, 1.807) is 0 Å². The van der Waals surface area contributed by atoms with Gasteiger partial charge in [-0.3, -0.25) is 0 Å². The van der Waals surface area contributed by atoms with Crippen LogP contribution in [0.15, 0.2) is 0 Å². The number of rotatable bonds is 0. The van der Waals surface area contributed by atoms with E-state index in [0.717, 1.165) is 12.8 Å². The quantitative estimate of drug-likeness (QED) is 0.648. The molecule has 0 radical (unpaired) electrons. The van der Waals surface area contributed by atoms with Crippen molar-refractivity contribution in [3.8, 4) is 0 Å². The van der Waals surface area contributed by atoms with Crippen LogP contribution in [0.4, 0.5) is 0 Å². The first-order valence-electron chi connectivity index (χ1n) is 5.61. The molecule has 0 atom stereocenters. The summed E-state index contributed by atoms with van der Waals surface area (Å²) in [5.41, 5.74) is 1.31. The predicted molar refractivity (Wildman–Crippen MR) is 58.7 cm³/mol. The molecule has 2 N–H and O–H groups in total. The van der Waals surface area contributed by atoms with Gasteiger partial charge in [-0.05, 0) is 62.4 Å². The summed E-state index contributed by atoms with van der Waals surface area (Å²) < 4.78 is 0. The lowest BCUT2D eigenvalue weighted by Crippen LogP contribution is -2.58. The Morgan fingerprint density at radius 3 is 2.07 bits per heavy atom. The first-order valence-corrected chi connectivity index (χ1v) is 5.61. The van der Waals surface area contributed by atoms with Crippen molar-refractivity contribution in [3.05, 3.63) is 0 Å². The molecule has 2 aliphatic carbocycles. The molecule has 2 nitrogen and oxygen atoms in total. The summed E-state index contributed by atoms with van der Waals surface area (Å²) in [7, 11) is 0. The number of hydrogen-bond acceptors (Lipinski definition) is 2. The summed E-state index contributed by atoms with van der Waals surface area (Å²) >= 11 is 0. The number of aliphatic hydroxyl groups excluding tert-OH is 1. The van der Waals surface area contributed by atoms with E-state index in [4.69, 9.17) is 0 Å². The zero-order valence-electron chi connectivity index (χ0n) is 8.59. The fourth-order valence-corrected chi connectivity index (χ4v) is 4.08. The van der Waals surface area contributed by atoms with Gasteiger partial charge in [0.1, 0.15) is 0 Å². The molecule has 3 aliphatic rings. The van der Waals surface area contributed by atoms with Crippen LogP contribution in [0.1, 0.15) is 38.5 Å². The average molecular weight is 218 g/mol. The smallest absolute Gasteiger partial charge is 0.0550 e. The van der Waals surface area contributed by atoms with Gasteiger partial charge in [0.15, 0.2) is 0 Å². The molecule has 3 rings (SSSR count). The minimum Gasteiger partial charge on any atom is -0.393 e. The molecule has 3 fully saturated rings. The number of halogens is 1. The standard InChI is InChI=1S/C11H19NO.ClH/c13-9-5-11(6-9)7-10(8-11)1-3-12-4-2-10;/h9,12-13H,1-8H2;1H. The summed E-state index contributed by atoms with van der Waals surface area (Å²) in [6.07, 6.45) is 7.83. The summed E-state index contributed by atoms with van der Waals surface area (Å²) in [5.74, 6) is 0. The molecule has 1 aliphatic heterocycles. The van der Waals surface area contributed by atoms with Gasteiger partial charge in [-0.1, -0.05) is 0 Å². The van der Waals surface area contributed by atoms with Crippen LogP contribution in [0.2, 0.25) is 0 Å². The van der Waals surface area contributed by atoms with Crippen molar-refractivity contribution in [2.24, 2.45) is 10.8 Å². The zero-order chi connectivity index (χ0) is 8.94. The number of aliphatic hydroxyl groups is 1. The Labute approximate surface area is 91.9 Å². The number of nitrogens with one attached hydrogen (secondary N) is 1. The number of hydrogen-bond donors (Lipinski definition) is 2. The molecule has 0 aromatic carbocycles. The largest absolute Gasteiger partial charge is 0.393 e. The fraction of sp³-hybridized carbons (Fsp3) is 1.00. The van der Waals surface area contributed by atoms with E-state index in [1.807, 2.05) is 0 Å². The maximum atomic E-state index is 9.32. The Morgan fingerprint density at radius 1 is 1.00 bits per heavy atom. The fourth-order valence-electron chi connectivity index (χ4n) is 4.08. The van der Waals surface area contributed by atoms with Crippen LogP contribution in [0, 0.1) is 10.8 Å². The van der Waals surface area contributed by atoms with E-state index >= 15 is 0 Å². The Morgan fingerprint density at radius 2 is 1.57 bits per heavy atom. The third-order valence-electron chi connectivity index (χ3n) is 4.50. The van der Waals surface area contributed by atoms with Crippen LogP contribution in [-0.2, 0) is 0 Å². The van der Waals surface area contributed by atoms with E-state index in [1.165, 1.54) is 38.8 Å². The second-order valence-corrected chi connectivity index (χ2v) is 5.67. The molecule has 1 heterocycles. The maximum absolute atomic E-state index is 9.32. The second-order valence-electron chi connectivity index (χ2n) is 5.67. The number of piperidine rings is 1. The molecule has 0 aromatic rings. The van der Waals surface area contributed by atoms with Gasteiger partial charge in [0.05, 0.1) is 6.10 Å². The summed E-state index contributed by atoms with van der Waals surface area (Å²) in [6, 6.07) is 0. The Kier molecular flexibility index (Phi) is 2.57. The molecular weight excluding hydrogens is 198 g/mol. The molecule has 0 amide bonds. The van der Waals surface area contributed by atoms with Gasteiger partial charge < -0.3 is 10.4 Å². The van der Waals surface area contributed by atoms with Crippen molar-refractivity contribution in [2.75, 3.05) is 13.1 Å². The molecule has 2 spiro atoms. The average Bonchev–Trinajstić information content (AvgIpc) is 2.01. The highest BCUT2D eigenvalue weighted by molar-refractivity contribution is 5.85. The Bertz CT molecular complexity index is 209. The molecule has 2 saturated carbocycles. The summed E-state index contributed by atoms with van der Waals surface area (Å²) in [5, 5.41) is 12.8. The SMILES string of the molecule is Cl.OC1CC2(C1)CC1(CCNCC1)C2. The summed E-state index contributed by atoms with van der Waals surface area (Å²) in [6.45, 7) is 2.44. The van der Waals surface area contributed by atoms with Crippen LogP contribution in [0.25, 0.3) is 0 Å². The van der Waals surface area contributed by atoms with Crippen molar-refractivity contribution in [1.29, 1.82) is 0 Å². The topological polar surface area (TPSA) is 32.3 Å². The Balaban J connectivity index is 0.000000750. The maximum Gasteiger partial charge on any atom is 0.0550 e. The van der Waals surface area contributed by atoms with Crippen molar-refractivity contribution < 1.29 is 5.11 Å². The monoisotopic (exact) mass is 217 g/mol. The first kappa shape index (κ1) is 10.7. The molecule has 3 heteroatoms. The third kappa shape index (κ3) is 1.48. The first-order chi connectivity index (χ1) is 6.22. The molecule has 1 saturated heterocycles. The van der Waals surface area contributed by atoms with Gasteiger partial charge >= 0.3 is 0 Å². The molecule has 14 heavy (non-hydrogen) atoms. The van der Waals surface area contributed by atoms with Crippen molar-refractivity contribution in [2.45, 2.75) is 44.6 Å². The van der Waals surface area contributed by atoms with Crippen LogP contribution < -0.4 is 5.32 Å².